The summed E-state index contributed by atoms with van der Waals surface area (Å²) in [5.74, 6) is 0.0863. The molecule has 14 heavy (non-hydrogen) atoms. The lowest BCUT2D eigenvalue weighted by Crippen LogP contribution is -2.20. The number of ketones is 1. The van der Waals surface area contributed by atoms with Crippen molar-refractivity contribution in [2.24, 2.45) is 0 Å². The molecule has 78 valence electrons. The Morgan fingerprint density at radius 1 is 1.71 bits per heavy atom. The second-order valence-corrected chi connectivity index (χ2v) is 3.23. The molecule has 0 bridgehead atoms. The van der Waals surface area contributed by atoms with Gasteiger partial charge in [-0.3, -0.25) is 9.48 Å². The van der Waals surface area contributed by atoms with Gasteiger partial charge in [0.25, 0.3) is 0 Å². The second-order valence-electron chi connectivity index (χ2n) is 3.23. The molecule has 1 aromatic heterocycles. The smallest absolute Gasteiger partial charge is 0.165 e. The van der Waals surface area contributed by atoms with Crippen molar-refractivity contribution in [1.29, 1.82) is 0 Å². The van der Waals surface area contributed by atoms with Gasteiger partial charge in [0.15, 0.2) is 5.78 Å². The zero-order chi connectivity index (χ0) is 10.6. The van der Waals surface area contributed by atoms with Crippen molar-refractivity contribution in [2.75, 3.05) is 7.11 Å². The van der Waals surface area contributed by atoms with Crippen LogP contribution in [0, 0.1) is 0 Å². The van der Waals surface area contributed by atoms with Crippen molar-refractivity contribution in [1.82, 2.24) is 9.78 Å². The minimum Gasteiger partial charge on any atom is -0.374 e. The first-order valence-corrected chi connectivity index (χ1v) is 4.74. The number of hydrogen-bond acceptors (Lipinski definition) is 3. The minimum absolute atomic E-state index is 0.0863. The van der Waals surface area contributed by atoms with Gasteiger partial charge in [-0.15, -0.1) is 0 Å². The van der Waals surface area contributed by atoms with Crippen LogP contribution in [-0.2, 0) is 22.5 Å². The van der Waals surface area contributed by atoms with Gasteiger partial charge in [0.2, 0.25) is 0 Å². The van der Waals surface area contributed by atoms with Crippen LogP contribution >= 0.6 is 0 Å². The zero-order valence-corrected chi connectivity index (χ0v) is 8.86. The molecular formula is C10H16N2O2. The van der Waals surface area contributed by atoms with Crippen LogP contribution in [-0.4, -0.2) is 28.8 Å². The van der Waals surface area contributed by atoms with Crippen molar-refractivity contribution in [3.05, 3.63) is 18.0 Å². The minimum atomic E-state index is -0.333. The van der Waals surface area contributed by atoms with Gasteiger partial charge >= 0.3 is 0 Å². The summed E-state index contributed by atoms with van der Waals surface area (Å²) in [5, 5.41) is 4.10. The molecule has 4 heteroatoms. The van der Waals surface area contributed by atoms with Crippen LogP contribution in [0.3, 0.4) is 0 Å². The van der Waals surface area contributed by atoms with Crippen molar-refractivity contribution >= 4 is 5.78 Å². The maximum absolute atomic E-state index is 11.5. The first kappa shape index (κ1) is 10.9. The molecule has 0 spiro atoms. The average Bonchev–Trinajstić information content (AvgIpc) is 2.64. The molecular weight excluding hydrogens is 180 g/mol. The third-order valence-electron chi connectivity index (χ3n) is 2.20. The fourth-order valence-corrected chi connectivity index (χ4v) is 1.15. The lowest BCUT2D eigenvalue weighted by molar-refractivity contribution is -0.127. The summed E-state index contributed by atoms with van der Waals surface area (Å²) in [6.45, 7) is 4.59. The van der Waals surface area contributed by atoms with E-state index in [2.05, 4.69) is 5.10 Å². The summed E-state index contributed by atoms with van der Waals surface area (Å²) >= 11 is 0. The number of nitrogens with zero attached hydrogens (tertiary/aromatic N) is 2. The Kier molecular flexibility index (Phi) is 3.83. The quantitative estimate of drug-likeness (QED) is 0.707. The lowest BCUT2D eigenvalue weighted by Gasteiger charge is -2.06. The monoisotopic (exact) mass is 196 g/mol. The van der Waals surface area contributed by atoms with Crippen molar-refractivity contribution in [3.8, 4) is 0 Å². The van der Waals surface area contributed by atoms with Gasteiger partial charge in [-0.1, -0.05) is 0 Å². The molecule has 0 aromatic carbocycles. The molecule has 0 radical (unpaired) electrons. The Morgan fingerprint density at radius 2 is 2.43 bits per heavy atom. The SMILES string of the molecule is CCn1cc(CC(=O)C(C)OC)cn1. The summed E-state index contributed by atoms with van der Waals surface area (Å²) in [6.07, 6.45) is 3.68. The van der Waals surface area contributed by atoms with Gasteiger partial charge in [0.05, 0.1) is 6.20 Å². The van der Waals surface area contributed by atoms with E-state index in [4.69, 9.17) is 4.74 Å². The first-order valence-electron chi connectivity index (χ1n) is 4.74. The molecule has 1 aromatic rings. The van der Waals surface area contributed by atoms with E-state index >= 15 is 0 Å². The molecule has 1 unspecified atom stereocenters. The molecule has 0 saturated heterocycles. The predicted octanol–water partition coefficient (Wildman–Crippen LogP) is 1.05. The topological polar surface area (TPSA) is 44.1 Å². The number of rotatable bonds is 5. The summed E-state index contributed by atoms with van der Waals surface area (Å²) in [6, 6.07) is 0. The van der Waals surface area contributed by atoms with Crippen LogP contribution in [0.1, 0.15) is 19.4 Å². The van der Waals surface area contributed by atoms with Gasteiger partial charge in [-0.25, -0.2) is 0 Å². The lowest BCUT2D eigenvalue weighted by atomic mass is 10.1. The molecule has 0 amide bonds. The maximum atomic E-state index is 11.5. The second kappa shape index (κ2) is 4.91. The summed E-state index contributed by atoms with van der Waals surface area (Å²) < 4.78 is 6.75. The number of Topliss-reactive ketones (excluding diaryl/α,β-unsaturated/α-hetero) is 1. The van der Waals surface area contributed by atoms with Gasteiger partial charge < -0.3 is 4.74 Å². The number of hydrogen-bond donors (Lipinski definition) is 0. The fourth-order valence-electron chi connectivity index (χ4n) is 1.15. The fraction of sp³-hybridized carbons (Fsp3) is 0.600. The van der Waals surface area contributed by atoms with E-state index < -0.39 is 0 Å². The molecule has 1 rings (SSSR count). The van der Waals surface area contributed by atoms with Crippen LogP contribution in [0.4, 0.5) is 0 Å². The molecule has 0 N–H and O–H groups in total. The highest BCUT2D eigenvalue weighted by molar-refractivity contribution is 5.84. The van der Waals surface area contributed by atoms with Crippen molar-refractivity contribution in [2.45, 2.75) is 32.9 Å². The van der Waals surface area contributed by atoms with Gasteiger partial charge in [-0.05, 0) is 19.4 Å². The third-order valence-corrected chi connectivity index (χ3v) is 2.20. The number of carbonyl (C=O) groups is 1. The summed E-state index contributed by atoms with van der Waals surface area (Å²) in [7, 11) is 1.54. The molecule has 0 saturated carbocycles. The van der Waals surface area contributed by atoms with E-state index in [0.29, 0.717) is 6.42 Å². The van der Waals surface area contributed by atoms with Crippen LogP contribution in [0.5, 0.6) is 0 Å². The maximum Gasteiger partial charge on any atom is 0.165 e. The van der Waals surface area contributed by atoms with Crippen LogP contribution in [0.2, 0.25) is 0 Å². The highest BCUT2D eigenvalue weighted by Crippen LogP contribution is 2.03. The van der Waals surface area contributed by atoms with E-state index in [0.717, 1.165) is 12.1 Å². The van der Waals surface area contributed by atoms with Gasteiger partial charge in [-0.2, -0.15) is 5.10 Å². The molecule has 0 aliphatic rings. The van der Waals surface area contributed by atoms with Crippen molar-refractivity contribution < 1.29 is 9.53 Å². The van der Waals surface area contributed by atoms with Crippen LogP contribution in [0.25, 0.3) is 0 Å². The molecule has 0 aliphatic carbocycles. The van der Waals surface area contributed by atoms with Gasteiger partial charge in [0.1, 0.15) is 6.10 Å². The van der Waals surface area contributed by atoms with E-state index in [1.807, 2.05) is 13.1 Å². The molecule has 1 atom stereocenters. The predicted molar refractivity (Wildman–Crippen MR) is 53.1 cm³/mol. The number of aromatic nitrogens is 2. The number of carbonyl (C=O) groups excluding carboxylic acids is 1. The number of aryl methyl sites for hydroxylation is 1. The number of ether oxygens (including phenoxy) is 1. The Hall–Kier alpha value is -1.16. The first-order chi connectivity index (χ1) is 6.67. The standard InChI is InChI=1S/C10H16N2O2/c1-4-12-7-9(6-11-12)5-10(13)8(2)14-3/h6-8H,4-5H2,1-3H3. The normalized spacial score (nSPS) is 12.8. The highest BCUT2D eigenvalue weighted by atomic mass is 16.5. The van der Waals surface area contributed by atoms with Crippen LogP contribution < -0.4 is 0 Å². The molecule has 1 heterocycles. The molecule has 0 aliphatic heterocycles. The highest BCUT2D eigenvalue weighted by Gasteiger charge is 2.12. The zero-order valence-electron chi connectivity index (χ0n) is 8.86. The Labute approximate surface area is 83.9 Å². The van der Waals surface area contributed by atoms with Crippen LogP contribution in [0.15, 0.2) is 12.4 Å². The Balaban J connectivity index is 2.56. The summed E-state index contributed by atoms with van der Waals surface area (Å²) in [5.41, 5.74) is 0.945. The number of methoxy groups -OCH3 is 1. The van der Waals surface area contributed by atoms with Crippen molar-refractivity contribution in [3.63, 3.8) is 0 Å². The molecule has 4 nitrogen and oxygen atoms in total. The van der Waals surface area contributed by atoms with Gasteiger partial charge in [0, 0.05) is 26.3 Å². The van der Waals surface area contributed by atoms with E-state index in [-0.39, 0.29) is 11.9 Å². The largest absolute Gasteiger partial charge is 0.374 e. The van der Waals surface area contributed by atoms with E-state index in [1.165, 1.54) is 7.11 Å². The molecule has 0 fully saturated rings. The van der Waals surface area contributed by atoms with E-state index in [9.17, 15) is 4.79 Å². The average molecular weight is 196 g/mol. The third kappa shape index (κ3) is 2.67. The summed E-state index contributed by atoms with van der Waals surface area (Å²) in [4.78, 5) is 11.5. The van der Waals surface area contributed by atoms with E-state index in [1.54, 1.807) is 17.8 Å². The Morgan fingerprint density at radius 3 is 2.93 bits per heavy atom. The Bertz CT molecular complexity index is 307.